The van der Waals surface area contributed by atoms with Crippen molar-refractivity contribution in [3.05, 3.63) is 36.4 Å². The molecule has 1 aromatic carbocycles. The summed E-state index contributed by atoms with van der Waals surface area (Å²) in [6.07, 6.45) is 11.3. The third-order valence-electron chi connectivity index (χ3n) is 5.21. The van der Waals surface area contributed by atoms with Crippen LogP contribution in [0.3, 0.4) is 0 Å². The Hall–Kier alpha value is -1.79. The first-order valence-corrected chi connectivity index (χ1v) is 11.7. The largest absolute Gasteiger partial charge is 0.493 e. The van der Waals surface area contributed by atoms with Gasteiger partial charge in [-0.2, -0.15) is 0 Å². The van der Waals surface area contributed by atoms with Crippen LogP contribution in [0.2, 0.25) is 0 Å². The molecule has 0 heterocycles. The Morgan fingerprint density at radius 1 is 1.30 bits per heavy atom. The normalized spacial score (nSPS) is 15.2. The summed E-state index contributed by atoms with van der Waals surface area (Å²) < 4.78 is 9.42. The van der Waals surface area contributed by atoms with E-state index in [4.69, 9.17) is 4.74 Å². The van der Waals surface area contributed by atoms with Gasteiger partial charge in [0.15, 0.2) is 0 Å². The predicted molar refractivity (Wildman–Crippen MR) is 124 cm³/mol. The van der Waals surface area contributed by atoms with Crippen molar-refractivity contribution in [3.63, 3.8) is 0 Å². The van der Waals surface area contributed by atoms with Crippen LogP contribution in [0.15, 0.2) is 41.3 Å². The monoisotopic (exact) mass is 432 g/mol. The van der Waals surface area contributed by atoms with Gasteiger partial charge in [-0.3, -0.25) is 9.52 Å². The van der Waals surface area contributed by atoms with E-state index in [1.165, 1.54) is 12.8 Å². The number of nitrogens with one attached hydrogen (secondary N) is 2. The average molecular weight is 433 g/mol. The van der Waals surface area contributed by atoms with E-state index in [1.54, 1.807) is 19.0 Å². The summed E-state index contributed by atoms with van der Waals surface area (Å²) in [7, 11) is 1.64. The molecule has 0 spiro atoms. The quantitative estimate of drug-likeness (QED) is 0.234. The molecule has 1 aliphatic carbocycles. The van der Waals surface area contributed by atoms with E-state index in [1.807, 2.05) is 12.1 Å². The van der Waals surface area contributed by atoms with E-state index in [9.17, 15) is 9.59 Å². The van der Waals surface area contributed by atoms with Crippen LogP contribution in [-0.4, -0.2) is 31.4 Å². The topological polar surface area (TPSA) is 67.4 Å². The molecule has 0 saturated heterocycles. The van der Waals surface area contributed by atoms with Crippen molar-refractivity contribution in [3.8, 4) is 5.75 Å². The minimum Gasteiger partial charge on any atom is -0.493 e. The highest BCUT2D eigenvalue weighted by Gasteiger charge is 2.22. The molecular formula is C24H36N2O3S. The van der Waals surface area contributed by atoms with Gasteiger partial charge in [0.1, 0.15) is 12.0 Å². The SMILES string of the molecule is CNC(=O)C(C/C=C/CCC(C)(C)NSc1cccc(OCC2CC2)c1)CCC=O. The van der Waals surface area contributed by atoms with Gasteiger partial charge in [0.2, 0.25) is 5.91 Å². The fourth-order valence-electron chi connectivity index (χ4n) is 3.03. The molecule has 30 heavy (non-hydrogen) atoms. The Morgan fingerprint density at radius 3 is 2.80 bits per heavy atom. The molecule has 1 atom stereocenters. The highest BCUT2D eigenvalue weighted by atomic mass is 32.2. The molecule has 0 bridgehead atoms. The zero-order chi connectivity index (χ0) is 21.8. The molecule has 1 saturated carbocycles. The van der Waals surface area contributed by atoms with Gasteiger partial charge in [-0.1, -0.05) is 18.2 Å². The van der Waals surface area contributed by atoms with Gasteiger partial charge >= 0.3 is 0 Å². The Morgan fingerprint density at radius 2 is 2.10 bits per heavy atom. The molecule has 1 unspecified atom stereocenters. The molecule has 2 rings (SSSR count). The van der Waals surface area contributed by atoms with Gasteiger partial charge in [0.05, 0.1) is 6.61 Å². The lowest BCUT2D eigenvalue weighted by Gasteiger charge is -2.25. The van der Waals surface area contributed by atoms with Crippen LogP contribution in [0.5, 0.6) is 5.75 Å². The molecule has 0 aromatic heterocycles. The molecule has 166 valence electrons. The van der Waals surface area contributed by atoms with Crippen LogP contribution in [0.1, 0.15) is 58.8 Å². The first kappa shape index (κ1) is 24.5. The van der Waals surface area contributed by atoms with Gasteiger partial charge < -0.3 is 14.8 Å². The highest BCUT2D eigenvalue weighted by Crippen LogP contribution is 2.30. The first-order chi connectivity index (χ1) is 14.4. The lowest BCUT2D eigenvalue weighted by molar-refractivity contribution is -0.124. The molecule has 1 fully saturated rings. The molecular weight excluding hydrogens is 396 g/mol. The summed E-state index contributed by atoms with van der Waals surface area (Å²) in [5.74, 6) is 1.56. The molecule has 1 aliphatic rings. The maximum atomic E-state index is 11.9. The van der Waals surface area contributed by atoms with Crippen LogP contribution in [0.25, 0.3) is 0 Å². The van der Waals surface area contributed by atoms with Crippen LogP contribution in [0.4, 0.5) is 0 Å². The van der Waals surface area contributed by atoms with Gasteiger partial charge in [-0.05, 0) is 88.4 Å². The van der Waals surface area contributed by atoms with Crippen molar-refractivity contribution in [2.24, 2.45) is 11.8 Å². The van der Waals surface area contributed by atoms with Crippen molar-refractivity contribution in [2.45, 2.75) is 69.2 Å². The molecule has 1 aromatic rings. The Bertz CT molecular complexity index is 701. The molecule has 6 heteroatoms. The minimum atomic E-state index is -0.132. The number of allylic oxidation sites excluding steroid dienone is 2. The predicted octanol–water partition coefficient (Wildman–Crippen LogP) is 4.92. The second kappa shape index (κ2) is 12.8. The van der Waals surface area contributed by atoms with E-state index < -0.39 is 0 Å². The number of carbonyl (C=O) groups is 2. The summed E-state index contributed by atoms with van der Waals surface area (Å²) in [5.41, 5.74) is -0.0302. The Balaban J connectivity index is 1.71. The maximum Gasteiger partial charge on any atom is 0.223 e. The van der Waals surface area contributed by atoms with E-state index in [-0.39, 0.29) is 17.4 Å². The molecule has 0 radical (unpaired) electrons. The summed E-state index contributed by atoms with van der Waals surface area (Å²) >= 11 is 1.64. The van der Waals surface area contributed by atoms with Gasteiger partial charge in [0.25, 0.3) is 0 Å². The lowest BCUT2D eigenvalue weighted by Crippen LogP contribution is -2.33. The van der Waals surface area contributed by atoms with Gasteiger partial charge in [-0.15, -0.1) is 0 Å². The fraction of sp³-hybridized carbons (Fsp3) is 0.583. The first-order valence-electron chi connectivity index (χ1n) is 10.9. The van der Waals surface area contributed by atoms with E-state index >= 15 is 0 Å². The number of hydrogen-bond donors (Lipinski definition) is 2. The second-order valence-electron chi connectivity index (χ2n) is 8.62. The molecule has 1 amide bonds. The number of amides is 1. The average Bonchev–Trinajstić information content (AvgIpc) is 3.57. The number of hydrogen-bond acceptors (Lipinski definition) is 5. The Labute approximate surface area is 185 Å². The van der Waals surface area contributed by atoms with Crippen molar-refractivity contribution < 1.29 is 14.3 Å². The number of rotatable bonds is 15. The van der Waals surface area contributed by atoms with E-state index in [2.05, 4.69) is 48.2 Å². The van der Waals surface area contributed by atoms with E-state index in [0.717, 1.165) is 42.3 Å². The second-order valence-corrected chi connectivity index (χ2v) is 9.50. The third-order valence-corrected chi connectivity index (χ3v) is 6.35. The number of ether oxygens (including phenoxy) is 1. The lowest BCUT2D eigenvalue weighted by atomic mass is 9.97. The van der Waals surface area contributed by atoms with Gasteiger partial charge in [0, 0.05) is 29.8 Å². The molecule has 2 N–H and O–H groups in total. The summed E-state index contributed by atoms with van der Waals surface area (Å²) in [6.45, 7) is 5.21. The zero-order valence-corrected chi connectivity index (χ0v) is 19.3. The number of aldehydes is 1. The maximum absolute atomic E-state index is 11.9. The summed E-state index contributed by atoms with van der Waals surface area (Å²) in [4.78, 5) is 23.6. The van der Waals surface area contributed by atoms with Crippen LogP contribution < -0.4 is 14.8 Å². The summed E-state index contributed by atoms with van der Waals surface area (Å²) in [5, 5.41) is 2.68. The van der Waals surface area contributed by atoms with Crippen molar-refractivity contribution >= 4 is 24.1 Å². The minimum absolute atomic E-state index is 0.00300. The highest BCUT2D eigenvalue weighted by molar-refractivity contribution is 7.97. The van der Waals surface area contributed by atoms with Crippen LogP contribution in [-0.2, 0) is 9.59 Å². The smallest absolute Gasteiger partial charge is 0.223 e. The fourth-order valence-corrected chi connectivity index (χ4v) is 3.84. The van der Waals surface area contributed by atoms with Crippen molar-refractivity contribution in [1.29, 1.82) is 0 Å². The summed E-state index contributed by atoms with van der Waals surface area (Å²) in [6, 6.07) is 8.24. The number of carbonyl (C=O) groups excluding carboxylic acids is 2. The van der Waals surface area contributed by atoms with Gasteiger partial charge in [-0.25, -0.2) is 0 Å². The molecule has 5 nitrogen and oxygen atoms in total. The number of benzene rings is 1. The van der Waals surface area contributed by atoms with E-state index in [0.29, 0.717) is 19.3 Å². The van der Waals surface area contributed by atoms with Crippen molar-refractivity contribution in [2.75, 3.05) is 13.7 Å². The third kappa shape index (κ3) is 9.81. The standard InChI is InChI=1S/C24H36N2O3S/c1-24(2,15-6-4-5-9-20(10-8-16-27)23(28)25-3)26-30-22-12-7-11-21(17-22)29-18-19-13-14-19/h4-5,7,11-12,16-17,19-20,26H,6,8-10,13-15,18H2,1-3H3,(H,25,28)/b5-4+. The molecule has 0 aliphatic heterocycles. The Kier molecular flexibility index (Phi) is 10.4. The van der Waals surface area contributed by atoms with Crippen LogP contribution in [0, 0.1) is 11.8 Å². The van der Waals surface area contributed by atoms with Crippen molar-refractivity contribution in [1.82, 2.24) is 10.0 Å². The zero-order valence-electron chi connectivity index (χ0n) is 18.5. The van der Waals surface area contributed by atoms with Crippen LogP contribution >= 0.6 is 11.9 Å².